The highest BCUT2D eigenvalue weighted by molar-refractivity contribution is 5.87. The van der Waals surface area contributed by atoms with Gasteiger partial charge in [-0.25, -0.2) is 4.79 Å². The largest absolute Gasteiger partial charge is 0.450 e. The summed E-state index contributed by atoms with van der Waals surface area (Å²) in [6.07, 6.45) is 7.50. The van der Waals surface area contributed by atoms with E-state index in [0.717, 1.165) is 19.4 Å². The van der Waals surface area contributed by atoms with Crippen molar-refractivity contribution in [1.82, 2.24) is 10.2 Å². The number of fused-ring (bicyclic) bond motifs is 3. The molecule has 4 atom stereocenters. The van der Waals surface area contributed by atoms with Crippen LogP contribution in [0.5, 0.6) is 0 Å². The number of rotatable bonds is 2. The molecule has 3 heterocycles. The lowest BCUT2D eigenvalue weighted by Gasteiger charge is -2.38. The Balaban J connectivity index is 1.74. The summed E-state index contributed by atoms with van der Waals surface area (Å²) in [6.45, 7) is 4.33. The van der Waals surface area contributed by atoms with Gasteiger partial charge in [0.1, 0.15) is 0 Å². The number of likely N-dealkylation sites (N-methyl/N-ethyl adjacent to an activating group) is 1. The van der Waals surface area contributed by atoms with Crippen molar-refractivity contribution in [3.05, 3.63) is 11.6 Å². The molecular formula is C15H22N2O2. The molecule has 104 valence electrons. The summed E-state index contributed by atoms with van der Waals surface area (Å²) in [5.41, 5.74) is 1.00. The Morgan fingerprint density at radius 3 is 3.26 bits per heavy atom. The lowest BCUT2D eigenvalue weighted by molar-refractivity contribution is -0.148. The quantitative estimate of drug-likeness (QED) is 0.760. The lowest BCUT2D eigenvalue weighted by atomic mass is 9.75. The maximum atomic E-state index is 11.8. The minimum atomic E-state index is -0.256. The van der Waals surface area contributed by atoms with Gasteiger partial charge >= 0.3 is 5.97 Å². The molecule has 0 radical (unpaired) electrons. The molecule has 1 N–H and O–H groups in total. The van der Waals surface area contributed by atoms with Gasteiger partial charge in [0.05, 0.1) is 6.04 Å². The van der Waals surface area contributed by atoms with E-state index in [2.05, 4.69) is 17.1 Å². The van der Waals surface area contributed by atoms with Crippen LogP contribution < -0.4 is 5.32 Å². The van der Waals surface area contributed by atoms with Crippen molar-refractivity contribution in [2.24, 2.45) is 0 Å². The van der Waals surface area contributed by atoms with E-state index >= 15 is 0 Å². The molecule has 1 aliphatic carbocycles. The Labute approximate surface area is 114 Å². The fraction of sp³-hybridized carbons (Fsp3) is 0.800. The first-order chi connectivity index (χ1) is 9.24. The maximum absolute atomic E-state index is 11.8. The fourth-order valence-corrected chi connectivity index (χ4v) is 4.86. The van der Waals surface area contributed by atoms with Gasteiger partial charge in [0.25, 0.3) is 0 Å². The summed E-state index contributed by atoms with van der Waals surface area (Å²) in [4.78, 5) is 14.4. The molecule has 0 amide bonds. The second-order valence-electron chi connectivity index (χ2n) is 6.37. The van der Waals surface area contributed by atoms with E-state index in [0.29, 0.717) is 18.1 Å². The highest BCUT2D eigenvalue weighted by Crippen LogP contribution is 2.53. The van der Waals surface area contributed by atoms with Crippen LogP contribution >= 0.6 is 0 Å². The topological polar surface area (TPSA) is 41.6 Å². The van der Waals surface area contributed by atoms with Gasteiger partial charge in [-0.15, -0.1) is 0 Å². The molecule has 2 bridgehead atoms. The van der Waals surface area contributed by atoms with Gasteiger partial charge in [-0.2, -0.15) is 0 Å². The normalized spacial score (nSPS) is 44.6. The molecule has 19 heavy (non-hydrogen) atoms. The maximum Gasteiger partial charge on any atom is 0.331 e. The van der Waals surface area contributed by atoms with Crippen LogP contribution in [0.3, 0.4) is 0 Å². The molecule has 0 aromatic rings. The zero-order valence-electron chi connectivity index (χ0n) is 11.5. The number of hydrogen-bond acceptors (Lipinski definition) is 4. The van der Waals surface area contributed by atoms with Gasteiger partial charge < -0.3 is 10.1 Å². The Morgan fingerprint density at radius 2 is 2.42 bits per heavy atom. The molecule has 4 aliphatic rings. The molecule has 1 spiro atoms. The number of ether oxygens (including phenoxy) is 1. The van der Waals surface area contributed by atoms with E-state index in [1.165, 1.54) is 31.4 Å². The summed E-state index contributed by atoms with van der Waals surface area (Å²) in [7, 11) is 0. The molecule has 0 aromatic heterocycles. The predicted molar refractivity (Wildman–Crippen MR) is 71.7 cm³/mol. The summed E-state index contributed by atoms with van der Waals surface area (Å²) in [5.74, 6) is -0.113. The number of carbonyl (C=O) groups is 1. The number of hydrogen-bond donors (Lipinski definition) is 1. The molecular weight excluding hydrogens is 240 g/mol. The number of piperidine rings is 1. The zero-order valence-corrected chi connectivity index (χ0v) is 11.5. The standard InChI is InChI=1S/C15H22N2O2/c1-2-16-11-7-10-8-14(18)19-15(10)9-12(11)17-6-4-3-5-13(15)17/h8,11-13,16H,2-7,9H2,1H3/t11-,12-,13+,15-/m0/s1. The van der Waals surface area contributed by atoms with E-state index in [1.54, 1.807) is 6.08 Å². The zero-order chi connectivity index (χ0) is 13.0. The van der Waals surface area contributed by atoms with Crippen LogP contribution in [0, 0.1) is 0 Å². The Morgan fingerprint density at radius 1 is 1.53 bits per heavy atom. The minimum Gasteiger partial charge on any atom is -0.450 e. The second-order valence-corrected chi connectivity index (χ2v) is 6.37. The van der Waals surface area contributed by atoms with Crippen LogP contribution in [0.2, 0.25) is 0 Å². The third kappa shape index (κ3) is 1.50. The van der Waals surface area contributed by atoms with Crippen molar-refractivity contribution in [1.29, 1.82) is 0 Å². The first kappa shape index (κ1) is 11.9. The summed E-state index contributed by atoms with van der Waals surface area (Å²) < 4.78 is 5.84. The summed E-state index contributed by atoms with van der Waals surface area (Å²) in [6, 6.07) is 1.47. The number of nitrogens with zero attached hydrogens (tertiary/aromatic N) is 1. The molecule has 3 aliphatic heterocycles. The first-order valence-electron chi connectivity index (χ1n) is 7.68. The van der Waals surface area contributed by atoms with Crippen LogP contribution in [0.1, 0.15) is 39.0 Å². The first-order valence-corrected chi connectivity index (χ1v) is 7.68. The van der Waals surface area contributed by atoms with Crippen molar-refractivity contribution in [2.45, 2.75) is 62.8 Å². The molecule has 4 rings (SSSR count). The van der Waals surface area contributed by atoms with Gasteiger partial charge in [-0.3, -0.25) is 4.90 Å². The van der Waals surface area contributed by atoms with Gasteiger partial charge in [-0.05, 0) is 37.9 Å². The van der Waals surface area contributed by atoms with Crippen molar-refractivity contribution >= 4 is 5.97 Å². The molecule has 0 aromatic carbocycles. The Kier molecular flexibility index (Phi) is 2.55. The van der Waals surface area contributed by atoms with E-state index < -0.39 is 0 Å². The van der Waals surface area contributed by atoms with Crippen molar-refractivity contribution < 1.29 is 9.53 Å². The molecule has 4 nitrogen and oxygen atoms in total. The third-order valence-electron chi connectivity index (χ3n) is 5.51. The summed E-state index contributed by atoms with van der Waals surface area (Å²) >= 11 is 0. The van der Waals surface area contributed by atoms with Gasteiger partial charge in [0.15, 0.2) is 5.60 Å². The Bertz CT molecular complexity index is 447. The summed E-state index contributed by atoms with van der Waals surface area (Å²) in [5, 5.41) is 3.62. The minimum absolute atomic E-state index is 0.113. The average molecular weight is 262 g/mol. The van der Waals surface area contributed by atoms with Gasteiger partial charge in [-0.1, -0.05) is 13.3 Å². The molecule has 1 saturated carbocycles. The average Bonchev–Trinajstić information content (AvgIpc) is 2.88. The van der Waals surface area contributed by atoms with E-state index in [9.17, 15) is 4.79 Å². The van der Waals surface area contributed by atoms with Crippen molar-refractivity contribution in [3.8, 4) is 0 Å². The van der Waals surface area contributed by atoms with E-state index in [-0.39, 0.29) is 11.6 Å². The van der Waals surface area contributed by atoms with Crippen LogP contribution in [-0.2, 0) is 9.53 Å². The van der Waals surface area contributed by atoms with Crippen molar-refractivity contribution in [2.75, 3.05) is 13.1 Å². The number of nitrogens with one attached hydrogen (secondary N) is 1. The third-order valence-corrected chi connectivity index (χ3v) is 5.51. The highest BCUT2D eigenvalue weighted by atomic mass is 16.6. The number of carbonyl (C=O) groups excluding carboxylic acids is 1. The van der Waals surface area contributed by atoms with Gasteiger partial charge in [0.2, 0.25) is 0 Å². The van der Waals surface area contributed by atoms with Gasteiger partial charge in [0, 0.05) is 24.6 Å². The van der Waals surface area contributed by atoms with Crippen LogP contribution in [-0.4, -0.2) is 47.7 Å². The van der Waals surface area contributed by atoms with Crippen LogP contribution in [0.4, 0.5) is 0 Å². The molecule has 3 fully saturated rings. The highest BCUT2D eigenvalue weighted by Gasteiger charge is 2.63. The van der Waals surface area contributed by atoms with Crippen molar-refractivity contribution in [3.63, 3.8) is 0 Å². The second kappa shape index (κ2) is 4.06. The monoisotopic (exact) mass is 262 g/mol. The SMILES string of the molecule is CCN[C@H]1CC2=CC(=O)O[C@@]23C[C@@H]1N1CCCC[C@@H]13. The van der Waals surface area contributed by atoms with Crippen LogP contribution in [0.25, 0.3) is 0 Å². The fourth-order valence-electron chi connectivity index (χ4n) is 4.86. The van der Waals surface area contributed by atoms with E-state index in [1.807, 2.05) is 0 Å². The lowest BCUT2D eigenvalue weighted by Crippen LogP contribution is -2.49. The smallest absolute Gasteiger partial charge is 0.331 e. The molecule has 2 saturated heterocycles. The molecule has 0 unspecified atom stereocenters. The van der Waals surface area contributed by atoms with Crippen LogP contribution in [0.15, 0.2) is 11.6 Å². The predicted octanol–water partition coefficient (Wildman–Crippen LogP) is 1.22. The Hall–Kier alpha value is -0.870. The molecule has 4 heteroatoms. The van der Waals surface area contributed by atoms with E-state index in [4.69, 9.17) is 4.74 Å². The number of esters is 1.